The van der Waals surface area contributed by atoms with Crippen LogP contribution in [0.15, 0.2) is 40.1 Å². The second-order valence-corrected chi connectivity index (χ2v) is 6.43. The van der Waals surface area contributed by atoms with Crippen LogP contribution < -0.4 is 10.6 Å². The van der Waals surface area contributed by atoms with Gasteiger partial charge in [0.15, 0.2) is 11.5 Å². The van der Waals surface area contributed by atoms with Crippen molar-refractivity contribution in [2.75, 3.05) is 11.9 Å². The lowest BCUT2D eigenvalue weighted by Crippen LogP contribution is -2.38. The maximum absolute atomic E-state index is 12.1. The first-order valence-electron chi connectivity index (χ1n) is 7.55. The summed E-state index contributed by atoms with van der Waals surface area (Å²) in [6.07, 6.45) is 0.861. The summed E-state index contributed by atoms with van der Waals surface area (Å²) >= 11 is 1.71. The highest BCUT2D eigenvalue weighted by atomic mass is 32.1. The van der Waals surface area contributed by atoms with Crippen LogP contribution in [-0.2, 0) is 11.2 Å². The number of carbonyl (C=O) groups is 1. The number of thiophene rings is 1. The van der Waals surface area contributed by atoms with Crippen molar-refractivity contribution in [2.45, 2.75) is 26.3 Å². The van der Waals surface area contributed by atoms with Crippen LogP contribution in [0.25, 0.3) is 11.1 Å². The normalized spacial score (nSPS) is 12.3. The van der Waals surface area contributed by atoms with Gasteiger partial charge in [0, 0.05) is 24.0 Å². The second-order valence-electron chi connectivity index (χ2n) is 5.40. The lowest BCUT2D eigenvalue weighted by atomic mass is 10.2. The largest absolute Gasteiger partial charge is 0.441 e. The molecule has 0 bridgehead atoms. The zero-order chi connectivity index (χ0) is 16.2. The fourth-order valence-corrected chi connectivity index (χ4v) is 3.07. The second kappa shape index (κ2) is 6.83. The van der Waals surface area contributed by atoms with E-state index in [9.17, 15) is 4.79 Å². The molecule has 3 rings (SSSR count). The Kier molecular flexibility index (Phi) is 4.62. The molecule has 23 heavy (non-hydrogen) atoms. The van der Waals surface area contributed by atoms with Crippen molar-refractivity contribution in [3.8, 4) is 0 Å². The molecule has 5 nitrogen and oxygen atoms in total. The van der Waals surface area contributed by atoms with Gasteiger partial charge in [0.2, 0.25) is 5.91 Å². The minimum Gasteiger partial charge on any atom is -0.441 e. The number of fused-ring (bicyclic) bond motifs is 1. The first-order chi connectivity index (χ1) is 11.1. The molecule has 0 fully saturated rings. The average Bonchev–Trinajstić information content (AvgIpc) is 3.15. The molecule has 1 amide bonds. The van der Waals surface area contributed by atoms with Crippen LogP contribution in [0.5, 0.6) is 0 Å². The summed E-state index contributed by atoms with van der Waals surface area (Å²) in [7, 11) is 0. The van der Waals surface area contributed by atoms with E-state index >= 15 is 0 Å². The number of aryl methyl sites for hydroxylation is 1. The monoisotopic (exact) mass is 329 g/mol. The van der Waals surface area contributed by atoms with Crippen LogP contribution in [-0.4, -0.2) is 23.5 Å². The van der Waals surface area contributed by atoms with Crippen molar-refractivity contribution in [3.05, 3.63) is 46.5 Å². The molecule has 2 N–H and O–H groups in total. The zero-order valence-electron chi connectivity index (χ0n) is 13.1. The quantitative estimate of drug-likeness (QED) is 0.728. The molecular weight excluding hydrogens is 310 g/mol. The summed E-state index contributed by atoms with van der Waals surface area (Å²) in [6, 6.07) is 9.42. The summed E-state index contributed by atoms with van der Waals surface area (Å²) in [4.78, 5) is 17.7. The SMILES string of the molecule is Cc1nc2cc(NC(C)C(=O)NCCc3cccs3)ccc2o1. The highest BCUT2D eigenvalue weighted by Gasteiger charge is 2.13. The average molecular weight is 329 g/mol. The molecule has 3 aromatic rings. The van der Waals surface area contributed by atoms with Gasteiger partial charge in [-0.1, -0.05) is 6.07 Å². The molecule has 1 atom stereocenters. The number of anilines is 1. The molecule has 120 valence electrons. The van der Waals surface area contributed by atoms with Gasteiger partial charge in [-0.25, -0.2) is 4.98 Å². The summed E-state index contributed by atoms with van der Waals surface area (Å²) in [6.45, 7) is 4.31. The maximum atomic E-state index is 12.1. The third kappa shape index (κ3) is 3.90. The van der Waals surface area contributed by atoms with Crippen LogP contribution in [0.4, 0.5) is 5.69 Å². The summed E-state index contributed by atoms with van der Waals surface area (Å²) in [5.41, 5.74) is 2.39. The molecule has 2 aromatic heterocycles. The van der Waals surface area contributed by atoms with E-state index in [1.165, 1.54) is 4.88 Å². The van der Waals surface area contributed by atoms with Gasteiger partial charge < -0.3 is 15.1 Å². The molecule has 1 aromatic carbocycles. The molecule has 2 heterocycles. The molecule has 6 heteroatoms. The Labute approximate surface area is 138 Å². The summed E-state index contributed by atoms with van der Waals surface area (Å²) < 4.78 is 5.45. The van der Waals surface area contributed by atoms with Gasteiger partial charge in [-0.15, -0.1) is 11.3 Å². The van der Waals surface area contributed by atoms with Crippen LogP contribution in [0.1, 0.15) is 17.7 Å². The fourth-order valence-electron chi connectivity index (χ4n) is 2.36. The highest BCUT2D eigenvalue weighted by molar-refractivity contribution is 7.09. The number of aromatic nitrogens is 1. The summed E-state index contributed by atoms with van der Waals surface area (Å²) in [5, 5.41) is 8.19. The van der Waals surface area contributed by atoms with Gasteiger partial charge in [0.25, 0.3) is 0 Å². The van der Waals surface area contributed by atoms with Gasteiger partial charge in [-0.2, -0.15) is 0 Å². The lowest BCUT2D eigenvalue weighted by molar-refractivity contribution is -0.121. The molecule has 0 radical (unpaired) electrons. The van der Waals surface area contributed by atoms with E-state index in [2.05, 4.69) is 21.7 Å². The van der Waals surface area contributed by atoms with Crippen LogP contribution in [0, 0.1) is 6.92 Å². The number of amides is 1. The number of carbonyl (C=O) groups excluding carboxylic acids is 1. The van der Waals surface area contributed by atoms with E-state index < -0.39 is 0 Å². The molecule has 0 saturated heterocycles. The minimum atomic E-state index is -0.316. The molecule has 0 aliphatic carbocycles. The van der Waals surface area contributed by atoms with Gasteiger partial charge in [0.05, 0.1) is 0 Å². The smallest absolute Gasteiger partial charge is 0.242 e. The van der Waals surface area contributed by atoms with Crippen LogP contribution in [0.3, 0.4) is 0 Å². The van der Waals surface area contributed by atoms with Crippen LogP contribution in [0.2, 0.25) is 0 Å². The predicted molar refractivity (Wildman–Crippen MR) is 92.9 cm³/mol. The molecule has 0 spiro atoms. The molecule has 0 aliphatic rings. The van der Waals surface area contributed by atoms with E-state index in [4.69, 9.17) is 4.42 Å². The van der Waals surface area contributed by atoms with Crippen molar-refractivity contribution in [1.29, 1.82) is 0 Å². The maximum Gasteiger partial charge on any atom is 0.242 e. The Balaban J connectivity index is 1.54. The first kappa shape index (κ1) is 15.6. The Bertz CT molecular complexity index is 795. The van der Waals surface area contributed by atoms with E-state index in [0.29, 0.717) is 12.4 Å². The Morgan fingerprint density at radius 3 is 3.04 bits per heavy atom. The Hall–Kier alpha value is -2.34. The van der Waals surface area contributed by atoms with Crippen LogP contribution >= 0.6 is 11.3 Å². The van der Waals surface area contributed by atoms with Gasteiger partial charge >= 0.3 is 0 Å². The lowest BCUT2D eigenvalue weighted by Gasteiger charge is -2.15. The van der Waals surface area contributed by atoms with Crippen molar-refractivity contribution in [3.63, 3.8) is 0 Å². The van der Waals surface area contributed by atoms with Gasteiger partial charge in [-0.3, -0.25) is 4.79 Å². The van der Waals surface area contributed by atoms with Crippen molar-refractivity contribution >= 4 is 34.0 Å². The number of hydrogen-bond acceptors (Lipinski definition) is 5. The van der Waals surface area contributed by atoms with Gasteiger partial charge in [0.1, 0.15) is 11.6 Å². The zero-order valence-corrected chi connectivity index (χ0v) is 13.9. The topological polar surface area (TPSA) is 67.2 Å². The third-order valence-electron chi connectivity index (χ3n) is 3.52. The Morgan fingerprint density at radius 2 is 2.26 bits per heavy atom. The minimum absolute atomic E-state index is 0.0158. The standard InChI is InChI=1S/C17H19N3O2S/c1-11(17(21)18-8-7-14-4-3-9-23-14)19-13-5-6-16-15(10-13)20-12(2)22-16/h3-6,9-11,19H,7-8H2,1-2H3,(H,18,21). The first-order valence-corrected chi connectivity index (χ1v) is 8.43. The highest BCUT2D eigenvalue weighted by Crippen LogP contribution is 2.20. The number of hydrogen-bond donors (Lipinski definition) is 2. The predicted octanol–water partition coefficient (Wildman–Crippen LogP) is 3.36. The molecular formula is C17H19N3O2S. The summed E-state index contributed by atoms with van der Waals surface area (Å²) in [5.74, 6) is 0.620. The Morgan fingerprint density at radius 1 is 1.39 bits per heavy atom. The molecule has 1 unspecified atom stereocenters. The number of oxazole rings is 1. The van der Waals surface area contributed by atoms with Crippen molar-refractivity contribution in [2.24, 2.45) is 0 Å². The van der Waals surface area contributed by atoms with E-state index in [0.717, 1.165) is 23.2 Å². The third-order valence-corrected chi connectivity index (χ3v) is 4.46. The fraction of sp³-hybridized carbons (Fsp3) is 0.294. The van der Waals surface area contributed by atoms with E-state index in [1.54, 1.807) is 11.3 Å². The van der Waals surface area contributed by atoms with Gasteiger partial charge in [-0.05, 0) is 43.0 Å². The van der Waals surface area contributed by atoms with E-state index in [-0.39, 0.29) is 11.9 Å². The number of nitrogens with one attached hydrogen (secondary N) is 2. The number of nitrogens with zero attached hydrogens (tertiary/aromatic N) is 1. The van der Waals surface area contributed by atoms with E-state index in [1.807, 2.05) is 43.5 Å². The molecule has 0 aliphatic heterocycles. The van der Waals surface area contributed by atoms with Crippen molar-refractivity contribution < 1.29 is 9.21 Å². The number of rotatable bonds is 6. The molecule has 0 saturated carbocycles. The number of benzene rings is 1. The van der Waals surface area contributed by atoms with Crippen molar-refractivity contribution in [1.82, 2.24) is 10.3 Å².